The fraction of sp³-hybridized carbons (Fsp3) is 0.333. The number of benzene rings is 1. The predicted octanol–water partition coefficient (Wildman–Crippen LogP) is 5.26. The number of alkyl halides is 3. The van der Waals surface area contributed by atoms with E-state index in [1.165, 1.54) is 6.07 Å². The van der Waals surface area contributed by atoms with Gasteiger partial charge >= 0.3 is 6.18 Å². The zero-order valence-corrected chi connectivity index (χ0v) is 19.4. The minimum atomic E-state index is -4.69. The number of unbranched alkanes of at least 4 members (excludes halogenated alkanes) is 1. The Morgan fingerprint density at radius 1 is 1.24 bits per heavy atom. The molecule has 0 saturated heterocycles. The number of aromatic nitrogens is 2. The second kappa shape index (κ2) is 11.1. The van der Waals surface area contributed by atoms with Crippen molar-refractivity contribution < 1.29 is 27.5 Å². The molecule has 34 heavy (non-hydrogen) atoms. The lowest BCUT2D eigenvalue weighted by atomic mass is 10.0. The van der Waals surface area contributed by atoms with Crippen molar-refractivity contribution in [1.29, 1.82) is 0 Å². The fourth-order valence-corrected chi connectivity index (χ4v) is 4.25. The van der Waals surface area contributed by atoms with Crippen molar-refractivity contribution >= 4 is 29.0 Å². The molecule has 6 nitrogen and oxygen atoms in total. The summed E-state index contributed by atoms with van der Waals surface area (Å²) in [5.74, 6) is -0.440. The van der Waals surface area contributed by atoms with E-state index in [-0.39, 0.29) is 10.6 Å². The van der Waals surface area contributed by atoms with Crippen molar-refractivity contribution in [2.75, 3.05) is 18.1 Å². The summed E-state index contributed by atoms with van der Waals surface area (Å²) < 4.78 is 45.6. The van der Waals surface area contributed by atoms with Crippen molar-refractivity contribution in [1.82, 2.24) is 10.2 Å². The van der Waals surface area contributed by atoms with Gasteiger partial charge in [-0.3, -0.25) is 4.79 Å². The molecule has 0 fully saturated rings. The Morgan fingerprint density at radius 2 is 2.03 bits per heavy atom. The molecule has 0 aliphatic carbocycles. The van der Waals surface area contributed by atoms with E-state index in [1.807, 2.05) is 19.9 Å². The minimum absolute atomic E-state index is 0.198. The number of halogens is 3. The normalized spacial score (nSPS) is 12.0. The molecule has 0 aliphatic heterocycles. The minimum Gasteiger partial charge on any atom is -0.486 e. The highest BCUT2D eigenvalue weighted by Crippen LogP contribution is 2.40. The van der Waals surface area contributed by atoms with Gasteiger partial charge in [-0.2, -0.15) is 13.2 Å². The highest BCUT2D eigenvalue weighted by Gasteiger charge is 2.35. The Labute approximate surface area is 199 Å². The molecule has 0 saturated carbocycles. The van der Waals surface area contributed by atoms with Crippen LogP contribution in [0.5, 0.6) is 5.75 Å². The zero-order chi connectivity index (χ0) is 24.7. The molecule has 10 heteroatoms. The lowest BCUT2D eigenvalue weighted by Gasteiger charge is -2.27. The number of carbonyl (C=O) groups excluding carboxylic acids is 2. The maximum Gasteiger partial charge on any atom is 0.419 e. The van der Waals surface area contributed by atoms with Gasteiger partial charge in [-0.05, 0) is 49.2 Å². The van der Waals surface area contributed by atoms with Crippen LogP contribution in [0.3, 0.4) is 0 Å². The van der Waals surface area contributed by atoms with Gasteiger partial charge in [-0.15, -0.1) is 10.2 Å². The van der Waals surface area contributed by atoms with E-state index >= 15 is 0 Å². The number of carbonyl (C=O) groups is 2. The molecule has 0 aliphatic rings. The van der Waals surface area contributed by atoms with Crippen molar-refractivity contribution in [3.8, 4) is 16.3 Å². The largest absolute Gasteiger partial charge is 0.486 e. The van der Waals surface area contributed by atoms with E-state index in [0.717, 1.165) is 48.2 Å². The van der Waals surface area contributed by atoms with Crippen LogP contribution >= 0.6 is 11.3 Å². The molecule has 2 aromatic carbocycles. The van der Waals surface area contributed by atoms with Gasteiger partial charge in [0.05, 0.1) is 5.56 Å². The molecule has 0 bridgehead atoms. The molecule has 0 N–H and O–H groups in total. The first-order valence-electron chi connectivity index (χ1n) is 10.5. The molecule has 178 valence electrons. The van der Waals surface area contributed by atoms with Crippen molar-refractivity contribution in [2.45, 2.75) is 38.9 Å². The monoisotopic (exact) mass is 489 g/mol. The van der Waals surface area contributed by atoms with Crippen LogP contribution in [0.15, 0.2) is 30.3 Å². The summed E-state index contributed by atoms with van der Waals surface area (Å²) in [5.41, 5.74) is 0.704. The third-order valence-electron chi connectivity index (χ3n) is 5.06. The summed E-state index contributed by atoms with van der Waals surface area (Å²) in [6.45, 7) is 3.90. The van der Waals surface area contributed by atoms with Gasteiger partial charge in [0.1, 0.15) is 29.7 Å². The Kier molecular flexibility index (Phi) is 8.23. The third kappa shape index (κ3) is 5.72. The molecule has 1 atom stereocenters. The van der Waals surface area contributed by atoms with E-state index in [1.54, 1.807) is 11.0 Å². The summed E-state index contributed by atoms with van der Waals surface area (Å²) in [6.07, 6.45) is -1.87. The van der Waals surface area contributed by atoms with Gasteiger partial charge in [0.2, 0.25) is 5.13 Å². The van der Waals surface area contributed by atoms with Gasteiger partial charge in [0.25, 0.3) is 0 Å². The third-order valence-corrected chi connectivity index (χ3v) is 6.07. The smallest absolute Gasteiger partial charge is 0.419 e. The van der Waals surface area contributed by atoms with E-state index in [4.69, 9.17) is 4.74 Å². The van der Waals surface area contributed by atoms with Gasteiger partial charge < -0.3 is 14.4 Å². The molecular weight excluding hydrogens is 467 g/mol. The Bertz CT molecular complexity index is 1130. The lowest BCUT2D eigenvalue weighted by Crippen LogP contribution is -2.31. The first kappa shape index (κ1) is 25.2. The number of hydrogen-bond donors (Lipinski definition) is 0. The molecule has 0 radical (unpaired) electrons. The second-order valence-electron chi connectivity index (χ2n) is 7.40. The maximum atomic E-state index is 13.6. The molecular formula is C24H22F3N3O3S. The average Bonchev–Trinajstić information content (AvgIpc) is 3.30. The van der Waals surface area contributed by atoms with Crippen LogP contribution in [0.25, 0.3) is 10.6 Å². The summed E-state index contributed by atoms with van der Waals surface area (Å²) in [6, 6.07) is 12.2. The number of aryl methyl sites for hydroxylation is 1. The van der Waals surface area contributed by atoms with E-state index < -0.39 is 30.1 Å². The summed E-state index contributed by atoms with van der Waals surface area (Å²) in [7, 11) is 0. The van der Waals surface area contributed by atoms with Gasteiger partial charge in [0, 0.05) is 17.7 Å². The second-order valence-corrected chi connectivity index (χ2v) is 8.36. The number of nitrogens with zero attached hydrogens (tertiary/aromatic N) is 3. The van der Waals surface area contributed by atoms with Gasteiger partial charge in [0.15, 0.2) is 6.29 Å². The van der Waals surface area contributed by atoms with Crippen molar-refractivity contribution in [3.63, 3.8) is 0 Å². The number of aldehydes is 2. The quantitative estimate of drug-likeness (QED) is 0.342. The van der Waals surface area contributed by atoms with Gasteiger partial charge in [-0.1, -0.05) is 36.8 Å². The Morgan fingerprint density at radius 3 is 2.68 bits per heavy atom. The fourth-order valence-electron chi connectivity index (χ4n) is 3.34. The van der Waals surface area contributed by atoms with E-state index in [0.29, 0.717) is 23.5 Å². The summed E-state index contributed by atoms with van der Waals surface area (Å²) >= 11 is 1.09. The van der Waals surface area contributed by atoms with Crippen LogP contribution in [0, 0.1) is 19.1 Å². The average molecular weight is 490 g/mol. The number of ether oxygens (including phenoxy) is 1. The Hall–Kier alpha value is -3.45. The summed E-state index contributed by atoms with van der Waals surface area (Å²) in [4.78, 5) is 24.4. The molecule has 1 heterocycles. The molecule has 0 amide bonds. The highest BCUT2D eigenvalue weighted by atomic mass is 32.1. The SMILES string of the molecule is CCCCN(c1nnc(-c2ccc(OCC=O)c(C(F)(F)F)c2)s1)C(C=O)c1c#cccc1C. The predicted molar refractivity (Wildman–Crippen MR) is 122 cm³/mol. The number of rotatable bonds is 11. The molecule has 1 unspecified atom stereocenters. The number of hydrogen-bond acceptors (Lipinski definition) is 7. The van der Waals surface area contributed by atoms with Crippen LogP contribution in [-0.4, -0.2) is 35.9 Å². The first-order valence-corrected chi connectivity index (χ1v) is 11.3. The first-order chi connectivity index (χ1) is 16.3. The molecule has 0 spiro atoms. The maximum absolute atomic E-state index is 13.6. The molecule has 1 aromatic heterocycles. The number of anilines is 1. The topological polar surface area (TPSA) is 72.4 Å². The van der Waals surface area contributed by atoms with Crippen molar-refractivity contribution in [2.24, 2.45) is 0 Å². The van der Waals surface area contributed by atoms with Crippen LogP contribution in [0.4, 0.5) is 18.3 Å². The summed E-state index contributed by atoms with van der Waals surface area (Å²) in [5, 5.41) is 8.95. The zero-order valence-electron chi connectivity index (χ0n) is 18.6. The van der Waals surface area contributed by atoms with Gasteiger partial charge in [-0.25, -0.2) is 0 Å². The highest BCUT2D eigenvalue weighted by molar-refractivity contribution is 7.18. The van der Waals surface area contributed by atoms with Crippen LogP contribution in [-0.2, 0) is 15.8 Å². The molecule has 3 aromatic rings. The molecule has 3 rings (SSSR count). The lowest BCUT2D eigenvalue weighted by molar-refractivity contribution is -0.139. The van der Waals surface area contributed by atoms with E-state index in [9.17, 15) is 22.8 Å². The Balaban J connectivity index is 2.00. The van der Waals surface area contributed by atoms with Crippen LogP contribution in [0.1, 0.15) is 42.5 Å². The van der Waals surface area contributed by atoms with Crippen LogP contribution in [0.2, 0.25) is 0 Å². The van der Waals surface area contributed by atoms with E-state index in [2.05, 4.69) is 22.3 Å². The van der Waals surface area contributed by atoms with Crippen molar-refractivity contribution in [3.05, 3.63) is 59.2 Å². The standard InChI is InChI=1S/C24H22F3N3O3S/c1-3-4-11-30(20(15-32)18-8-6-5-7-16(18)2)23-29-28-22(34-23)17-9-10-21(33-13-12-31)19(14-17)24(25,26)27/h5,7,9-10,12,14-15,20H,3-4,11,13H2,1-2H3. The van der Waals surface area contributed by atoms with Crippen LogP contribution < -0.4 is 9.64 Å².